The molecule has 3 atom stereocenters. The molecule has 6 nitrogen and oxygen atoms in total. The molecule has 6 heteroatoms. The fourth-order valence-corrected chi connectivity index (χ4v) is 4.16. The lowest BCUT2D eigenvalue weighted by molar-refractivity contribution is -0.141. The van der Waals surface area contributed by atoms with Crippen molar-refractivity contribution in [1.82, 2.24) is 5.32 Å². The van der Waals surface area contributed by atoms with Gasteiger partial charge < -0.3 is 20.3 Å². The molecule has 0 heterocycles. The van der Waals surface area contributed by atoms with Gasteiger partial charge in [-0.15, -0.1) is 0 Å². The standard InChI is InChI=1S/C21H21NO5/c23-19-10-12(20(24)25)9-18(19)22-21(26)27-11-17-15-7-3-1-5-13(15)14-6-2-4-8-16(14)17/h1-8,12,17-19,23H,9-11H2,(H,22,26)(H,24,25). The minimum Gasteiger partial charge on any atom is -0.481 e. The smallest absolute Gasteiger partial charge is 0.407 e. The zero-order valence-electron chi connectivity index (χ0n) is 14.7. The lowest BCUT2D eigenvalue weighted by atomic mass is 9.98. The normalized spacial score (nSPS) is 23.5. The van der Waals surface area contributed by atoms with E-state index < -0.39 is 30.1 Å². The summed E-state index contributed by atoms with van der Waals surface area (Å²) in [4.78, 5) is 23.3. The van der Waals surface area contributed by atoms with Crippen LogP contribution in [0.25, 0.3) is 11.1 Å². The average Bonchev–Trinajstić information content (AvgIpc) is 3.19. The molecular formula is C21H21NO5. The quantitative estimate of drug-likeness (QED) is 0.772. The first-order valence-electron chi connectivity index (χ1n) is 9.07. The molecule has 3 unspecified atom stereocenters. The first-order chi connectivity index (χ1) is 13.0. The van der Waals surface area contributed by atoms with Crippen LogP contribution < -0.4 is 5.32 Å². The predicted octanol–water partition coefficient (Wildman–Crippen LogP) is 2.75. The van der Waals surface area contributed by atoms with Crippen molar-refractivity contribution in [3.8, 4) is 11.1 Å². The third kappa shape index (κ3) is 3.28. The molecule has 2 aliphatic rings. The van der Waals surface area contributed by atoms with Gasteiger partial charge in [0.05, 0.1) is 18.1 Å². The van der Waals surface area contributed by atoms with Gasteiger partial charge >= 0.3 is 12.1 Å². The summed E-state index contributed by atoms with van der Waals surface area (Å²) in [7, 11) is 0. The number of carbonyl (C=O) groups is 2. The molecular weight excluding hydrogens is 346 g/mol. The molecule has 0 aromatic heterocycles. The Morgan fingerprint density at radius 2 is 1.59 bits per heavy atom. The van der Waals surface area contributed by atoms with Gasteiger partial charge in [0.2, 0.25) is 0 Å². The number of aliphatic hydroxyl groups excluding tert-OH is 1. The van der Waals surface area contributed by atoms with Crippen LogP contribution in [0, 0.1) is 5.92 Å². The summed E-state index contributed by atoms with van der Waals surface area (Å²) in [5.41, 5.74) is 4.55. The number of fused-ring (bicyclic) bond motifs is 3. The van der Waals surface area contributed by atoms with E-state index in [1.807, 2.05) is 36.4 Å². The minimum atomic E-state index is -0.953. The summed E-state index contributed by atoms with van der Waals surface area (Å²) < 4.78 is 5.44. The summed E-state index contributed by atoms with van der Waals surface area (Å²) in [6.07, 6.45) is -1.15. The fraction of sp³-hybridized carbons (Fsp3) is 0.333. The highest BCUT2D eigenvalue weighted by atomic mass is 16.5. The molecule has 2 aromatic carbocycles. The second-order valence-electron chi connectivity index (χ2n) is 7.15. The molecule has 2 aliphatic carbocycles. The van der Waals surface area contributed by atoms with E-state index in [0.717, 1.165) is 22.3 Å². The van der Waals surface area contributed by atoms with Crippen LogP contribution in [-0.2, 0) is 9.53 Å². The summed E-state index contributed by atoms with van der Waals surface area (Å²) in [5, 5.41) is 21.6. The Hall–Kier alpha value is -2.86. The number of nitrogens with one attached hydrogen (secondary N) is 1. The van der Waals surface area contributed by atoms with Crippen LogP contribution in [0.3, 0.4) is 0 Å². The third-order valence-electron chi connectivity index (χ3n) is 5.53. The van der Waals surface area contributed by atoms with Crippen molar-refractivity contribution in [2.45, 2.75) is 30.9 Å². The summed E-state index contributed by atoms with van der Waals surface area (Å²) >= 11 is 0. The Bertz CT molecular complexity index is 835. The van der Waals surface area contributed by atoms with Crippen LogP contribution in [0.15, 0.2) is 48.5 Å². The molecule has 0 spiro atoms. The highest BCUT2D eigenvalue weighted by Gasteiger charge is 2.38. The summed E-state index contributed by atoms with van der Waals surface area (Å²) in [6.45, 7) is 0.186. The van der Waals surface area contributed by atoms with Gasteiger partial charge in [-0.25, -0.2) is 4.79 Å². The van der Waals surface area contributed by atoms with Crippen LogP contribution in [-0.4, -0.2) is 41.0 Å². The number of carboxylic acids is 1. The molecule has 1 fully saturated rings. The van der Waals surface area contributed by atoms with Gasteiger partial charge in [0.25, 0.3) is 0 Å². The highest BCUT2D eigenvalue weighted by Crippen LogP contribution is 2.44. The zero-order valence-corrected chi connectivity index (χ0v) is 14.7. The SMILES string of the molecule is O=C(NC1CC(C(=O)O)CC1O)OCC1c2ccccc2-c2ccccc21. The number of amides is 1. The van der Waals surface area contributed by atoms with Crippen LogP contribution in [0.4, 0.5) is 4.79 Å². The van der Waals surface area contributed by atoms with E-state index in [9.17, 15) is 14.7 Å². The Kier molecular flexibility index (Phi) is 4.58. The Morgan fingerprint density at radius 3 is 2.15 bits per heavy atom. The molecule has 1 saturated carbocycles. The minimum absolute atomic E-state index is 0.0385. The van der Waals surface area contributed by atoms with Crippen molar-refractivity contribution in [1.29, 1.82) is 0 Å². The van der Waals surface area contributed by atoms with Crippen molar-refractivity contribution in [2.24, 2.45) is 5.92 Å². The third-order valence-corrected chi connectivity index (χ3v) is 5.53. The van der Waals surface area contributed by atoms with Crippen molar-refractivity contribution < 1.29 is 24.5 Å². The molecule has 1 amide bonds. The average molecular weight is 367 g/mol. The monoisotopic (exact) mass is 367 g/mol. The molecule has 2 aromatic rings. The van der Waals surface area contributed by atoms with E-state index in [1.54, 1.807) is 0 Å². The maximum atomic E-state index is 12.2. The van der Waals surface area contributed by atoms with Gasteiger partial charge in [-0.3, -0.25) is 4.79 Å². The van der Waals surface area contributed by atoms with E-state index in [-0.39, 0.29) is 25.4 Å². The maximum absolute atomic E-state index is 12.2. The van der Waals surface area contributed by atoms with Gasteiger partial charge in [-0.05, 0) is 35.1 Å². The number of alkyl carbamates (subject to hydrolysis) is 1. The van der Waals surface area contributed by atoms with E-state index in [1.165, 1.54) is 0 Å². The van der Waals surface area contributed by atoms with Gasteiger partial charge in [0.15, 0.2) is 0 Å². The molecule has 0 saturated heterocycles. The van der Waals surface area contributed by atoms with Crippen LogP contribution in [0.1, 0.15) is 29.9 Å². The van der Waals surface area contributed by atoms with E-state index in [2.05, 4.69) is 17.4 Å². The second-order valence-corrected chi connectivity index (χ2v) is 7.15. The molecule has 4 rings (SSSR count). The molecule has 27 heavy (non-hydrogen) atoms. The molecule has 140 valence electrons. The number of carboxylic acid groups (broad SMARTS) is 1. The first-order valence-corrected chi connectivity index (χ1v) is 9.07. The van der Waals surface area contributed by atoms with Gasteiger partial charge in [0, 0.05) is 5.92 Å². The lowest BCUT2D eigenvalue weighted by Crippen LogP contribution is -2.40. The van der Waals surface area contributed by atoms with E-state index >= 15 is 0 Å². The Labute approximate surface area is 156 Å². The summed E-state index contributed by atoms with van der Waals surface area (Å²) in [5.74, 6) is -1.63. The topological polar surface area (TPSA) is 95.9 Å². The predicted molar refractivity (Wildman–Crippen MR) is 98.4 cm³/mol. The van der Waals surface area contributed by atoms with Crippen molar-refractivity contribution in [3.63, 3.8) is 0 Å². The lowest BCUT2D eigenvalue weighted by Gasteiger charge is -2.18. The van der Waals surface area contributed by atoms with Gasteiger partial charge in [-0.1, -0.05) is 48.5 Å². The van der Waals surface area contributed by atoms with Crippen molar-refractivity contribution >= 4 is 12.1 Å². The highest BCUT2D eigenvalue weighted by molar-refractivity contribution is 5.79. The van der Waals surface area contributed by atoms with Gasteiger partial charge in [0.1, 0.15) is 6.61 Å². The van der Waals surface area contributed by atoms with Crippen LogP contribution in [0.5, 0.6) is 0 Å². The van der Waals surface area contributed by atoms with E-state index in [4.69, 9.17) is 9.84 Å². The zero-order chi connectivity index (χ0) is 19.0. The number of benzene rings is 2. The molecule has 0 bridgehead atoms. The number of aliphatic hydroxyl groups is 1. The molecule has 3 N–H and O–H groups in total. The summed E-state index contributed by atoms with van der Waals surface area (Å²) in [6, 6.07) is 15.5. The van der Waals surface area contributed by atoms with Crippen LogP contribution >= 0.6 is 0 Å². The fourth-order valence-electron chi connectivity index (χ4n) is 4.16. The Balaban J connectivity index is 1.42. The maximum Gasteiger partial charge on any atom is 0.407 e. The Morgan fingerprint density at radius 1 is 1.00 bits per heavy atom. The number of hydrogen-bond donors (Lipinski definition) is 3. The first kappa shape index (κ1) is 17.5. The van der Waals surface area contributed by atoms with Crippen LogP contribution in [0.2, 0.25) is 0 Å². The van der Waals surface area contributed by atoms with Gasteiger partial charge in [-0.2, -0.15) is 0 Å². The van der Waals surface area contributed by atoms with E-state index in [0.29, 0.717) is 0 Å². The van der Waals surface area contributed by atoms with Crippen molar-refractivity contribution in [3.05, 3.63) is 59.7 Å². The number of hydrogen-bond acceptors (Lipinski definition) is 4. The second kappa shape index (κ2) is 7.04. The number of rotatable bonds is 4. The van der Waals surface area contributed by atoms with Crippen molar-refractivity contribution in [2.75, 3.05) is 6.61 Å². The number of aliphatic carboxylic acids is 1. The molecule has 0 radical (unpaired) electrons. The number of carbonyl (C=O) groups excluding carboxylic acids is 1. The number of ether oxygens (including phenoxy) is 1. The largest absolute Gasteiger partial charge is 0.481 e. The molecule has 0 aliphatic heterocycles.